The van der Waals surface area contributed by atoms with Gasteiger partial charge in [-0.15, -0.1) is 0 Å². The Morgan fingerprint density at radius 3 is 3.11 bits per heavy atom. The first kappa shape index (κ1) is 11.8. The van der Waals surface area contributed by atoms with Crippen molar-refractivity contribution in [1.29, 1.82) is 0 Å². The number of para-hydroxylation sites is 1. The highest BCUT2D eigenvalue weighted by atomic mass is 16.3. The maximum absolute atomic E-state index is 5.35. The highest BCUT2D eigenvalue weighted by Crippen LogP contribution is 2.21. The summed E-state index contributed by atoms with van der Waals surface area (Å²) in [6, 6.07) is 10.5. The van der Waals surface area contributed by atoms with Crippen LogP contribution in [-0.4, -0.2) is 16.2 Å². The quantitative estimate of drug-likeness (QED) is 0.732. The van der Waals surface area contributed by atoms with Gasteiger partial charge in [0.2, 0.25) is 0 Å². The number of nitrogens with zero attached hydrogens (tertiary/aromatic N) is 1. The number of benzene rings is 1. The summed E-state index contributed by atoms with van der Waals surface area (Å²) in [7, 11) is 0. The number of rotatable bonds is 5. The Bertz CT molecular complexity index is 642. The van der Waals surface area contributed by atoms with Crippen molar-refractivity contribution in [2.45, 2.75) is 25.8 Å². The molecule has 0 saturated heterocycles. The minimum absolute atomic E-state index is 0.374. The van der Waals surface area contributed by atoms with E-state index in [1.165, 1.54) is 0 Å². The highest BCUT2D eigenvalue weighted by molar-refractivity contribution is 5.89. The summed E-state index contributed by atoms with van der Waals surface area (Å²) in [6.45, 7) is 2.18. The molecule has 0 spiro atoms. The van der Waals surface area contributed by atoms with E-state index in [9.17, 15) is 0 Å². The molecule has 4 heteroatoms. The normalized spacial score (nSPS) is 12.7. The third-order valence-corrected chi connectivity index (χ3v) is 3.28. The zero-order chi connectivity index (χ0) is 13.1. The van der Waals surface area contributed by atoms with Gasteiger partial charge in [-0.1, -0.05) is 12.1 Å². The van der Waals surface area contributed by atoms with E-state index in [1.54, 1.807) is 6.26 Å². The van der Waals surface area contributed by atoms with Crippen LogP contribution in [0.25, 0.3) is 10.9 Å². The molecule has 4 nitrogen and oxygen atoms in total. The Labute approximate surface area is 111 Å². The van der Waals surface area contributed by atoms with Crippen LogP contribution >= 0.6 is 0 Å². The first-order valence-electron chi connectivity index (χ1n) is 6.54. The van der Waals surface area contributed by atoms with Gasteiger partial charge in [0.1, 0.15) is 5.76 Å². The molecule has 0 fully saturated rings. The molecule has 0 aliphatic carbocycles. The second-order valence-corrected chi connectivity index (χ2v) is 4.80. The molecule has 1 unspecified atom stereocenters. The van der Waals surface area contributed by atoms with Crippen LogP contribution in [0, 0.1) is 0 Å². The van der Waals surface area contributed by atoms with Crippen LogP contribution in [0.1, 0.15) is 19.1 Å². The molecule has 0 bridgehead atoms. The van der Waals surface area contributed by atoms with Gasteiger partial charge >= 0.3 is 0 Å². The van der Waals surface area contributed by atoms with Crippen molar-refractivity contribution in [3.8, 4) is 0 Å². The van der Waals surface area contributed by atoms with Gasteiger partial charge in [0.25, 0.3) is 0 Å². The standard InChI is InChI=1S/C15H17N3O/c1-11(7-8-13-5-3-9-19-13)17-14-6-2-4-12-10-16-18-15(12)14/h2-6,9-11,17H,7-8H2,1H3,(H,16,18). The maximum atomic E-state index is 5.35. The summed E-state index contributed by atoms with van der Waals surface area (Å²) in [5, 5.41) is 11.8. The average molecular weight is 255 g/mol. The summed E-state index contributed by atoms with van der Waals surface area (Å²) in [6.07, 6.45) is 5.53. The largest absolute Gasteiger partial charge is 0.469 e. The van der Waals surface area contributed by atoms with Crippen LogP contribution in [0.15, 0.2) is 47.2 Å². The van der Waals surface area contributed by atoms with Gasteiger partial charge in [-0.25, -0.2) is 0 Å². The number of H-pyrrole nitrogens is 1. The van der Waals surface area contributed by atoms with Gasteiger partial charge in [0.05, 0.1) is 23.7 Å². The molecule has 3 rings (SSSR count). The number of nitrogens with one attached hydrogen (secondary N) is 2. The molecule has 0 aliphatic rings. The minimum atomic E-state index is 0.374. The number of aromatic amines is 1. The van der Waals surface area contributed by atoms with Crippen LogP contribution in [0.3, 0.4) is 0 Å². The number of aromatic nitrogens is 2. The predicted octanol–water partition coefficient (Wildman–Crippen LogP) is 3.59. The molecule has 2 heterocycles. The van der Waals surface area contributed by atoms with E-state index in [1.807, 2.05) is 24.4 Å². The lowest BCUT2D eigenvalue weighted by Crippen LogP contribution is -2.16. The summed E-state index contributed by atoms with van der Waals surface area (Å²) in [4.78, 5) is 0. The van der Waals surface area contributed by atoms with Crippen molar-refractivity contribution in [3.05, 3.63) is 48.6 Å². The molecule has 0 radical (unpaired) electrons. The molecule has 0 aliphatic heterocycles. The van der Waals surface area contributed by atoms with Crippen molar-refractivity contribution in [3.63, 3.8) is 0 Å². The third-order valence-electron chi connectivity index (χ3n) is 3.28. The van der Waals surface area contributed by atoms with Gasteiger partial charge in [-0.3, -0.25) is 5.10 Å². The molecule has 19 heavy (non-hydrogen) atoms. The van der Waals surface area contributed by atoms with Gasteiger partial charge in [-0.2, -0.15) is 5.10 Å². The van der Waals surface area contributed by atoms with E-state index in [2.05, 4.69) is 34.6 Å². The Balaban J connectivity index is 1.65. The Morgan fingerprint density at radius 1 is 1.32 bits per heavy atom. The number of anilines is 1. The summed E-state index contributed by atoms with van der Waals surface area (Å²) >= 11 is 0. The Morgan fingerprint density at radius 2 is 2.26 bits per heavy atom. The molecule has 0 amide bonds. The fourth-order valence-corrected chi connectivity index (χ4v) is 2.24. The fraction of sp³-hybridized carbons (Fsp3) is 0.267. The lowest BCUT2D eigenvalue weighted by Gasteiger charge is -2.15. The van der Waals surface area contributed by atoms with Crippen molar-refractivity contribution in [1.82, 2.24) is 10.2 Å². The first-order chi connectivity index (χ1) is 9.33. The molecule has 2 aromatic heterocycles. The topological polar surface area (TPSA) is 53.9 Å². The van der Waals surface area contributed by atoms with Crippen molar-refractivity contribution < 1.29 is 4.42 Å². The van der Waals surface area contributed by atoms with Crippen LogP contribution in [0.2, 0.25) is 0 Å². The van der Waals surface area contributed by atoms with Gasteiger partial charge in [-0.05, 0) is 31.5 Å². The average Bonchev–Trinajstić information content (AvgIpc) is 3.08. The number of hydrogen-bond donors (Lipinski definition) is 2. The molecule has 98 valence electrons. The predicted molar refractivity (Wildman–Crippen MR) is 76.2 cm³/mol. The second kappa shape index (κ2) is 5.18. The van der Waals surface area contributed by atoms with Gasteiger partial charge in [0.15, 0.2) is 0 Å². The maximum Gasteiger partial charge on any atom is 0.103 e. The fourth-order valence-electron chi connectivity index (χ4n) is 2.24. The second-order valence-electron chi connectivity index (χ2n) is 4.80. The molecular weight excluding hydrogens is 238 g/mol. The minimum Gasteiger partial charge on any atom is -0.469 e. The summed E-state index contributed by atoms with van der Waals surface area (Å²) in [5.41, 5.74) is 2.16. The summed E-state index contributed by atoms with van der Waals surface area (Å²) in [5.74, 6) is 1.04. The zero-order valence-electron chi connectivity index (χ0n) is 10.9. The van der Waals surface area contributed by atoms with Crippen LogP contribution < -0.4 is 5.32 Å². The van der Waals surface area contributed by atoms with Crippen LogP contribution in [0.5, 0.6) is 0 Å². The monoisotopic (exact) mass is 255 g/mol. The first-order valence-corrected chi connectivity index (χ1v) is 6.54. The number of aryl methyl sites for hydroxylation is 1. The van der Waals surface area contributed by atoms with Gasteiger partial charge in [0, 0.05) is 17.8 Å². The SMILES string of the molecule is CC(CCc1ccco1)Nc1cccc2cn[nH]c12. The van der Waals surface area contributed by atoms with Crippen LogP contribution in [0.4, 0.5) is 5.69 Å². The lowest BCUT2D eigenvalue weighted by molar-refractivity contribution is 0.495. The number of furan rings is 1. The summed E-state index contributed by atoms with van der Waals surface area (Å²) < 4.78 is 5.35. The number of hydrogen-bond acceptors (Lipinski definition) is 3. The molecular formula is C15H17N3O. The van der Waals surface area contributed by atoms with E-state index in [-0.39, 0.29) is 0 Å². The zero-order valence-corrected chi connectivity index (χ0v) is 10.9. The molecule has 2 N–H and O–H groups in total. The highest BCUT2D eigenvalue weighted by Gasteiger charge is 2.07. The smallest absolute Gasteiger partial charge is 0.103 e. The Kier molecular flexibility index (Phi) is 3.23. The molecule has 0 saturated carbocycles. The van der Waals surface area contributed by atoms with E-state index in [4.69, 9.17) is 4.42 Å². The molecule has 1 aromatic carbocycles. The molecule has 1 atom stereocenters. The van der Waals surface area contributed by atoms with E-state index in [0.717, 1.165) is 35.2 Å². The number of fused-ring (bicyclic) bond motifs is 1. The molecule has 3 aromatic rings. The van der Waals surface area contributed by atoms with E-state index in [0.29, 0.717) is 6.04 Å². The van der Waals surface area contributed by atoms with E-state index < -0.39 is 0 Å². The Hall–Kier alpha value is -2.23. The van der Waals surface area contributed by atoms with Gasteiger partial charge < -0.3 is 9.73 Å². The van der Waals surface area contributed by atoms with Crippen molar-refractivity contribution in [2.24, 2.45) is 0 Å². The van der Waals surface area contributed by atoms with Crippen molar-refractivity contribution >= 4 is 16.6 Å². The third kappa shape index (κ3) is 2.62. The lowest BCUT2D eigenvalue weighted by atomic mass is 10.1. The van der Waals surface area contributed by atoms with Crippen LogP contribution in [-0.2, 0) is 6.42 Å². The van der Waals surface area contributed by atoms with E-state index >= 15 is 0 Å². The van der Waals surface area contributed by atoms with Crippen molar-refractivity contribution in [2.75, 3.05) is 5.32 Å².